The van der Waals surface area contributed by atoms with Crippen molar-refractivity contribution in [1.29, 1.82) is 0 Å². The van der Waals surface area contributed by atoms with E-state index in [1.807, 2.05) is 0 Å². The molecule has 0 heterocycles. The van der Waals surface area contributed by atoms with Crippen LogP contribution in [0.25, 0.3) is 0 Å². The van der Waals surface area contributed by atoms with Crippen molar-refractivity contribution in [3.8, 4) is 0 Å². The Bertz CT molecular complexity index is 246. The lowest BCUT2D eigenvalue weighted by Gasteiger charge is -2.39. The molecular formula is C13H26N2O2. The van der Waals surface area contributed by atoms with E-state index in [0.29, 0.717) is 18.0 Å². The average Bonchev–Trinajstić information content (AvgIpc) is 2.28. The van der Waals surface area contributed by atoms with Gasteiger partial charge >= 0.3 is 6.09 Å². The van der Waals surface area contributed by atoms with Crippen molar-refractivity contribution in [3.05, 3.63) is 0 Å². The van der Waals surface area contributed by atoms with Gasteiger partial charge in [0.05, 0.1) is 0 Å². The molecule has 1 amide bonds. The first-order valence-electron chi connectivity index (χ1n) is 6.80. The van der Waals surface area contributed by atoms with Crippen molar-refractivity contribution in [2.75, 3.05) is 6.54 Å². The average molecular weight is 242 g/mol. The minimum absolute atomic E-state index is 0.376. The normalized spacial score (nSPS) is 28.9. The zero-order valence-corrected chi connectivity index (χ0v) is 10.9. The van der Waals surface area contributed by atoms with Gasteiger partial charge in [-0.15, -0.1) is 0 Å². The molecule has 0 spiro atoms. The molecule has 0 radical (unpaired) electrons. The molecule has 0 saturated heterocycles. The van der Waals surface area contributed by atoms with Crippen molar-refractivity contribution < 1.29 is 9.90 Å². The third kappa shape index (κ3) is 4.94. The molecule has 0 aromatic rings. The highest BCUT2D eigenvalue weighted by atomic mass is 16.4. The molecule has 2 unspecified atom stereocenters. The van der Waals surface area contributed by atoms with Crippen molar-refractivity contribution in [1.82, 2.24) is 5.32 Å². The molecule has 0 aliphatic heterocycles. The smallest absolute Gasteiger partial charge is 0.404 e. The molecule has 100 valence electrons. The number of unbranched alkanes of at least 4 members (excludes halogenated alkanes) is 1. The van der Waals surface area contributed by atoms with Gasteiger partial charge < -0.3 is 16.2 Å². The van der Waals surface area contributed by atoms with Crippen LogP contribution in [0.4, 0.5) is 4.79 Å². The van der Waals surface area contributed by atoms with Gasteiger partial charge in [-0.3, -0.25) is 0 Å². The van der Waals surface area contributed by atoms with E-state index in [2.05, 4.69) is 12.2 Å². The highest BCUT2D eigenvalue weighted by Gasteiger charge is 2.32. The highest BCUT2D eigenvalue weighted by molar-refractivity contribution is 5.64. The van der Waals surface area contributed by atoms with Crippen molar-refractivity contribution in [2.45, 2.75) is 64.3 Å². The van der Waals surface area contributed by atoms with Gasteiger partial charge in [-0.1, -0.05) is 26.2 Å². The third-order valence-corrected chi connectivity index (χ3v) is 4.14. The molecule has 4 N–H and O–H groups in total. The fraction of sp³-hybridized carbons (Fsp3) is 0.923. The Hall–Kier alpha value is -0.770. The lowest BCUT2D eigenvalue weighted by molar-refractivity contribution is 0.144. The van der Waals surface area contributed by atoms with Crippen LogP contribution in [-0.4, -0.2) is 23.8 Å². The van der Waals surface area contributed by atoms with E-state index in [1.165, 1.54) is 32.1 Å². The maximum absolute atomic E-state index is 10.3. The van der Waals surface area contributed by atoms with Crippen LogP contribution in [0, 0.1) is 5.41 Å². The summed E-state index contributed by atoms with van der Waals surface area (Å²) in [6, 6.07) is 0.376. The van der Waals surface area contributed by atoms with Crippen LogP contribution in [-0.2, 0) is 0 Å². The highest BCUT2D eigenvalue weighted by Crippen LogP contribution is 2.42. The molecular weight excluding hydrogens is 216 g/mol. The molecule has 17 heavy (non-hydrogen) atoms. The first-order valence-corrected chi connectivity index (χ1v) is 6.80. The Morgan fingerprint density at radius 2 is 2.29 bits per heavy atom. The van der Waals surface area contributed by atoms with Crippen molar-refractivity contribution in [2.24, 2.45) is 11.1 Å². The Kier molecular flexibility index (Phi) is 5.75. The molecule has 2 atom stereocenters. The predicted octanol–water partition coefficient (Wildman–Crippen LogP) is 2.72. The number of hydrogen-bond donors (Lipinski definition) is 3. The summed E-state index contributed by atoms with van der Waals surface area (Å²) in [5.74, 6) is 0. The van der Waals surface area contributed by atoms with E-state index >= 15 is 0 Å². The van der Waals surface area contributed by atoms with E-state index in [9.17, 15) is 4.79 Å². The molecule has 0 aromatic heterocycles. The summed E-state index contributed by atoms with van der Waals surface area (Å²) in [6.45, 7) is 2.83. The number of nitrogens with two attached hydrogens (primary N) is 1. The van der Waals surface area contributed by atoms with Gasteiger partial charge in [0, 0.05) is 12.6 Å². The van der Waals surface area contributed by atoms with E-state index < -0.39 is 6.09 Å². The van der Waals surface area contributed by atoms with Crippen LogP contribution in [0.5, 0.6) is 0 Å². The van der Waals surface area contributed by atoms with Crippen LogP contribution in [0.2, 0.25) is 0 Å². The summed E-state index contributed by atoms with van der Waals surface area (Å²) >= 11 is 0. The lowest BCUT2D eigenvalue weighted by atomic mass is 9.68. The number of rotatable bonds is 6. The van der Waals surface area contributed by atoms with Crippen LogP contribution in [0.1, 0.15) is 58.3 Å². The van der Waals surface area contributed by atoms with E-state index in [1.54, 1.807) is 0 Å². The minimum Gasteiger partial charge on any atom is -0.465 e. The molecule has 1 aliphatic carbocycles. The largest absolute Gasteiger partial charge is 0.465 e. The van der Waals surface area contributed by atoms with Gasteiger partial charge in [-0.2, -0.15) is 0 Å². The topological polar surface area (TPSA) is 75.3 Å². The van der Waals surface area contributed by atoms with Crippen molar-refractivity contribution in [3.63, 3.8) is 0 Å². The van der Waals surface area contributed by atoms with Gasteiger partial charge in [-0.25, -0.2) is 4.79 Å². The SMILES string of the molecule is CCC1(CCCCNC(=O)O)CCCC(N)C1. The zero-order valence-electron chi connectivity index (χ0n) is 10.9. The number of nitrogens with one attached hydrogen (secondary N) is 1. The Morgan fingerprint density at radius 1 is 1.53 bits per heavy atom. The Balaban J connectivity index is 2.24. The number of hydrogen-bond acceptors (Lipinski definition) is 2. The number of carboxylic acid groups (broad SMARTS) is 1. The minimum atomic E-state index is -0.921. The molecule has 1 rings (SSSR count). The summed E-state index contributed by atoms with van der Waals surface area (Å²) in [6.07, 6.45) is 8.37. The molecule has 0 bridgehead atoms. The quantitative estimate of drug-likeness (QED) is 0.627. The van der Waals surface area contributed by atoms with Gasteiger partial charge in [0.2, 0.25) is 0 Å². The van der Waals surface area contributed by atoms with Crippen LogP contribution < -0.4 is 11.1 Å². The van der Waals surface area contributed by atoms with Gasteiger partial charge in [-0.05, 0) is 37.5 Å². The maximum Gasteiger partial charge on any atom is 0.404 e. The first-order chi connectivity index (χ1) is 8.08. The summed E-state index contributed by atoms with van der Waals surface area (Å²) in [4.78, 5) is 10.3. The summed E-state index contributed by atoms with van der Waals surface area (Å²) in [5, 5.41) is 10.9. The van der Waals surface area contributed by atoms with E-state index in [0.717, 1.165) is 19.3 Å². The van der Waals surface area contributed by atoms with Gasteiger partial charge in [0.15, 0.2) is 0 Å². The second kappa shape index (κ2) is 6.84. The van der Waals surface area contributed by atoms with Crippen molar-refractivity contribution >= 4 is 6.09 Å². The van der Waals surface area contributed by atoms with E-state index in [4.69, 9.17) is 10.8 Å². The molecule has 0 aromatic carbocycles. The van der Waals surface area contributed by atoms with Gasteiger partial charge in [0.25, 0.3) is 0 Å². The third-order valence-electron chi connectivity index (χ3n) is 4.14. The summed E-state index contributed by atoms with van der Waals surface area (Å²) in [5.41, 5.74) is 6.50. The summed E-state index contributed by atoms with van der Waals surface area (Å²) < 4.78 is 0. The van der Waals surface area contributed by atoms with E-state index in [-0.39, 0.29) is 0 Å². The monoisotopic (exact) mass is 242 g/mol. The second-order valence-electron chi connectivity index (χ2n) is 5.40. The number of amides is 1. The lowest BCUT2D eigenvalue weighted by Crippen LogP contribution is -2.36. The second-order valence-corrected chi connectivity index (χ2v) is 5.40. The molecule has 1 aliphatic rings. The zero-order chi connectivity index (χ0) is 12.7. The standard InChI is InChI=1S/C13H26N2O2/c1-2-13(8-5-6-11(14)10-13)7-3-4-9-15-12(16)17/h11,15H,2-10,14H2,1H3,(H,16,17). The van der Waals surface area contributed by atoms with Crippen LogP contribution >= 0.6 is 0 Å². The number of carbonyl (C=O) groups is 1. The molecule has 4 nitrogen and oxygen atoms in total. The Labute approximate surface area is 104 Å². The van der Waals surface area contributed by atoms with Crippen LogP contribution in [0.3, 0.4) is 0 Å². The first kappa shape index (κ1) is 14.3. The van der Waals surface area contributed by atoms with Crippen LogP contribution in [0.15, 0.2) is 0 Å². The molecule has 1 fully saturated rings. The summed E-state index contributed by atoms with van der Waals surface area (Å²) in [7, 11) is 0. The maximum atomic E-state index is 10.3. The molecule has 4 heteroatoms. The Morgan fingerprint density at radius 3 is 2.88 bits per heavy atom. The predicted molar refractivity (Wildman–Crippen MR) is 69.0 cm³/mol. The fourth-order valence-corrected chi connectivity index (χ4v) is 3.04. The van der Waals surface area contributed by atoms with Gasteiger partial charge in [0.1, 0.15) is 0 Å². The fourth-order valence-electron chi connectivity index (χ4n) is 3.04. The molecule has 1 saturated carbocycles.